The number of carbonyl (C=O) groups is 3. The Morgan fingerprint density at radius 1 is 1.05 bits per heavy atom. The highest BCUT2D eigenvalue weighted by molar-refractivity contribution is 14.1. The van der Waals surface area contributed by atoms with Gasteiger partial charge in [-0.1, -0.05) is 49.4 Å². The molecule has 3 aliphatic rings. The smallest absolute Gasteiger partial charge is 0.317 e. The highest BCUT2D eigenvalue weighted by Gasteiger charge is 2.55. The Balaban J connectivity index is 1.15. The van der Waals surface area contributed by atoms with E-state index >= 15 is 0 Å². The Bertz CT molecular complexity index is 2030. The molecule has 5 heterocycles. The number of carbonyl (C=O) groups excluding carboxylic acids is 3. The van der Waals surface area contributed by atoms with E-state index < -0.39 is 100 Å². The first-order chi connectivity index (χ1) is 29.8. The van der Waals surface area contributed by atoms with Crippen molar-refractivity contribution in [3.05, 3.63) is 66.2 Å². The number of likely N-dealkylation sites (N-methyl/N-ethyl adjacent to an activating group) is 1. The van der Waals surface area contributed by atoms with Crippen molar-refractivity contribution in [2.75, 3.05) is 34.0 Å². The number of esters is 1. The number of aromatic nitrogens is 4. The topological polar surface area (TPSA) is 205 Å². The van der Waals surface area contributed by atoms with Gasteiger partial charge in [0.2, 0.25) is 0 Å². The van der Waals surface area contributed by atoms with Crippen LogP contribution in [0.2, 0.25) is 0 Å². The predicted octanol–water partition coefficient (Wildman–Crippen LogP) is 4.23. The van der Waals surface area contributed by atoms with Crippen LogP contribution in [0.1, 0.15) is 77.8 Å². The first-order valence-corrected chi connectivity index (χ1v) is 22.7. The van der Waals surface area contributed by atoms with Crippen molar-refractivity contribution in [1.29, 1.82) is 0 Å². The number of halogens is 2. The predicted molar refractivity (Wildman–Crippen MR) is 235 cm³/mol. The van der Waals surface area contributed by atoms with Gasteiger partial charge in [-0.3, -0.25) is 19.4 Å². The van der Waals surface area contributed by atoms with Crippen molar-refractivity contribution in [2.24, 2.45) is 23.7 Å². The Hall–Kier alpha value is -3.34. The Morgan fingerprint density at radius 3 is 2.41 bits per heavy atom. The van der Waals surface area contributed by atoms with Crippen molar-refractivity contribution in [3.63, 3.8) is 0 Å². The van der Waals surface area contributed by atoms with Crippen LogP contribution in [0.15, 0.2) is 55.0 Å². The maximum atomic E-state index is 14.7. The van der Waals surface area contributed by atoms with Crippen LogP contribution in [0.25, 0.3) is 11.1 Å². The first kappa shape index (κ1) is 49.1. The number of benzene rings is 1. The maximum Gasteiger partial charge on any atom is 0.317 e. The summed E-state index contributed by atoms with van der Waals surface area (Å²) in [6.45, 7) is 9.02. The van der Waals surface area contributed by atoms with Gasteiger partial charge in [-0.2, -0.15) is 0 Å². The molecule has 0 unspecified atom stereocenters. The van der Waals surface area contributed by atoms with Crippen molar-refractivity contribution < 1.29 is 57.8 Å². The molecule has 6 rings (SSSR count). The van der Waals surface area contributed by atoms with Crippen LogP contribution in [0.4, 0.5) is 4.39 Å². The van der Waals surface area contributed by atoms with Gasteiger partial charge in [0.1, 0.15) is 42.2 Å². The van der Waals surface area contributed by atoms with Crippen molar-refractivity contribution >= 4 is 40.1 Å². The molecule has 15 atom stereocenters. The molecule has 3 aliphatic heterocycles. The van der Waals surface area contributed by atoms with Gasteiger partial charge in [0.05, 0.1) is 36.2 Å². The molecule has 3 aromatic rings. The summed E-state index contributed by atoms with van der Waals surface area (Å²) in [4.78, 5) is 47.3. The van der Waals surface area contributed by atoms with E-state index in [2.05, 4.69) is 15.3 Å². The maximum absolute atomic E-state index is 14.7. The molecule has 0 spiro atoms. The quantitative estimate of drug-likeness (QED) is 0.101. The van der Waals surface area contributed by atoms with Crippen LogP contribution in [-0.4, -0.2) is 144 Å². The largest absolute Gasteiger partial charge is 0.448 e. The average molecular weight is 994 g/mol. The number of aliphatic hydroxyl groups excluding tert-OH is 2. The van der Waals surface area contributed by atoms with Gasteiger partial charge in [0, 0.05) is 62.5 Å². The number of aliphatic hydroxyl groups is 3. The van der Waals surface area contributed by atoms with Crippen LogP contribution in [0.5, 0.6) is 0 Å². The monoisotopic (exact) mass is 993 g/mol. The number of ether oxygens (including phenoxy) is 5. The Morgan fingerprint density at radius 2 is 1.76 bits per heavy atom. The number of nitrogens with zero attached hydrogens (tertiary/aromatic N) is 5. The van der Waals surface area contributed by atoms with E-state index in [0.29, 0.717) is 25.1 Å². The van der Waals surface area contributed by atoms with Gasteiger partial charge in [0.25, 0.3) is 0 Å². The molecule has 0 radical (unpaired) electrons. The summed E-state index contributed by atoms with van der Waals surface area (Å²) in [5.74, 6) is -5.88. The van der Waals surface area contributed by atoms with E-state index in [1.165, 1.54) is 32.6 Å². The number of rotatable bonds is 12. The van der Waals surface area contributed by atoms with Crippen LogP contribution >= 0.6 is 22.6 Å². The highest BCUT2D eigenvalue weighted by Crippen LogP contribution is 2.42. The molecule has 0 amide bonds. The number of hydrogen-bond acceptors (Lipinski definition) is 15. The van der Waals surface area contributed by atoms with Crippen molar-refractivity contribution in [2.45, 2.75) is 125 Å². The lowest BCUT2D eigenvalue weighted by molar-refractivity contribution is -0.293. The Kier molecular flexibility index (Phi) is 15.9. The van der Waals surface area contributed by atoms with Gasteiger partial charge >= 0.3 is 5.97 Å². The molecule has 3 N–H and O–H groups in total. The second kappa shape index (κ2) is 20.4. The number of alkyl halides is 2. The summed E-state index contributed by atoms with van der Waals surface area (Å²) in [7, 11) is 3.39. The van der Waals surface area contributed by atoms with E-state index in [4.69, 9.17) is 23.7 Å². The number of fused-ring (bicyclic) bond motifs is 2. The van der Waals surface area contributed by atoms with Crippen molar-refractivity contribution in [3.8, 4) is 11.1 Å². The van der Waals surface area contributed by atoms with E-state index in [-0.39, 0.29) is 24.9 Å². The molecule has 1 aromatic carbocycles. The lowest BCUT2D eigenvalue weighted by atomic mass is 9.76. The number of cyclic esters (lactones) is 1. The normalized spacial score (nSPS) is 35.6. The van der Waals surface area contributed by atoms with Crippen molar-refractivity contribution in [1.82, 2.24) is 24.9 Å². The fourth-order valence-corrected chi connectivity index (χ4v) is 9.81. The van der Waals surface area contributed by atoms with Gasteiger partial charge < -0.3 is 43.9 Å². The van der Waals surface area contributed by atoms with Crippen LogP contribution < -0.4 is 0 Å². The van der Waals surface area contributed by atoms with Crippen LogP contribution in [0, 0.1) is 23.7 Å². The molecule has 2 bridgehead atoms. The third kappa shape index (κ3) is 10.5. The number of Topliss-reactive ketones (excluding diaryl/α,β-unsaturated/α-hetero) is 2. The van der Waals surface area contributed by atoms with Crippen LogP contribution in [-0.2, 0) is 44.5 Å². The minimum atomic E-state index is -2.01. The molecule has 2 aromatic heterocycles. The van der Waals surface area contributed by atoms with E-state index in [1.807, 2.05) is 55.3 Å². The van der Waals surface area contributed by atoms with Gasteiger partial charge in [-0.15, -0.1) is 5.10 Å². The number of hydrogen-bond donors (Lipinski definition) is 3. The molecule has 16 nitrogen and oxygen atoms in total. The van der Waals surface area contributed by atoms with E-state index in [9.17, 15) is 34.1 Å². The molecule has 3 saturated heterocycles. The van der Waals surface area contributed by atoms with Gasteiger partial charge in [-0.25, -0.2) is 9.07 Å². The minimum absolute atomic E-state index is 0.0352. The molecule has 346 valence electrons. The zero-order valence-corrected chi connectivity index (χ0v) is 39.2. The Labute approximate surface area is 381 Å². The zero-order chi connectivity index (χ0) is 46.0. The third-order valence-electron chi connectivity index (χ3n) is 13.2. The molecular weight excluding hydrogens is 932 g/mol. The summed E-state index contributed by atoms with van der Waals surface area (Å²) in [5, 5.41) is 42.9. The van der Waals surface area contributed by atoms with Gasteiger partial charge in [0.15, 0.2) is 16.2 Å². The molecule has 18 heteroatoms. The van der Waals surface area contributed by atoms with E-state index in [1.54, 1.807) is 55.0 Å². The second-order valence-electron chi connectivity index (χ2n) is 17.9. The van der Waals surface area contributed by atoms with Gasteiger partial charge in [-0.05, 0) is 92.9 Å². The van der Waals surface area contributed by atoms with Crippen LogP contribution in [0.3, 0.4) is 0 Å². The SMILES string of the molecule is CO[C@H](c1ccc(-c2cccnc2)cc1)[C@@H](CF)n1cc(CCN(C)[C@H]2C[C@@H](C)O[C@@H](O[C@@H]3[C@@H](C)C(=O)[C@@H](C)C(=O)O[C@H](I)[C@@](C)(O)[C@H](O)[C@@H](C)C(=O)[C@@H]4CO[C@]3(C)C4)[C@@H]2O)nn1. The second-order valence-corrected chi connectivity index (χ2v) is 19.0. The molecular formula is C45H61FIN5O11. The summed E-state index contributed by atoms with van der Waals surface area (Å²) in [6, 6.07) is 10.3. The number of ketones is 2. The summed E-state index contributed by atoms with van der Waals surface area (Å²) in [5.41, 5.74) is 0.0546. The number of methoxy groups -OCH3 is 1. The van der Waals surface area contributed by atoms with E-state index in [0.717, 1.165) is 16.7 Å². The standard InChI is InChI=1S/C45H61FIN5O11/c1-24-18-33(51(7)17-15-32-22-52(50-49-32)34(20-46)38(59-8)29-13-11-28(12-14-29)30-10-9-16-48-21-30)37(55)42(61-24)62-40-26(3)35(53)27(4)41(57)63-43(47)45(6,58)39(56)25(2)36(54)31-19-44(40,5)60-23-31/h9-14,16,21-22,24-27,31,33-34,37-40,42-43,55-56,58H,15,17-20,23H2,1-8H3/t24-,25+,26+,27-,31+,33+,34-,37-,38-,39-,40-,42+,43+,44-,45+/m1/s1. The first-order valence-electron chi connectivity index (χ1n) is 21.5. The third-order valence-corrected chi connectivity index (χ3v) is 14.7. The fraction of sp³-hybridized carbons (Fsp3) is 0.644. The molecule has 0 aliphatic carbocycles. The zero-order valence-electron chi connectivity index (χ0n) is 37.0. The lowest BCUT2D eigenvalue weighted by Crippen LogP contribution is -2.59. The summed E-state index contributed by atoms with van der Waals surface area (Å²) in [6.07, 6.45) is 0.00258. The fourth-order valence-electron chi connectivity index (χ4n) is 9.20. The highest BCUT2D eigenvalue weighted by atomic mass is 127. The lowest BCUT2D eigenvalue weighted by Gasteiger charge is -2.46. The molecule has 63 heavy (non-hydrogen) atoms. The molecule has 3 fully saturated rings. The summed E-state index contributed by atoms with van der Waals surface area (Å²) < 4.78 is 45.4. The summed E-state index contributed by atoms with van der Waals surface area (Å²) >= 11 is 1.68. The minimum Gasteiger partial charge on any atom is -0.448 e. The average Bonchev–Trinajstić information content (AvgIpc) is 3.93. The number of pyridine rings is 1. The molecule has 0 saturated carbocycles.